The number of nitrogens with zero attached hydrogens (tertiary/aromatic N) is 2. The van der Waals surface area contributed by atoms with Gasteiger partial charge in [-0.05, 0) is 55.0 Å². The molecule has 148 valence electrons. The van der Waals surface area contributed by atoms with E-state index in [0.717, 1.165) is 37.4 Å². The predicted octanol–water partition coefficient (Wildman–Crippen LogP) is 5.76. The van der Waals surface area contributed by atoms with Crippen molar-refractivity contribution in [1.82, 2.24) is 10.2 Å². The van der Waals surface area contributed by atoms with Crippen LogP contribution in [0.25, 0.3) is 10.1 Å². The van der Waals surface area contributed by atoms with Gasteiger partial charge in [-0.1, -0.05) is 42.1 Å². The maximum absolute atomic E-state index is 12.7. The number of thiophene rings is 1. The Labute approximate surface area is 177 Å². The van der Waals surface area contributed by atoms with Gasteiger partial charge in [0.25, 0.3) is 11.1 Å². The summed E-state index contributed by atoms with van der Waals surface area (Å²) >= 11 is 2.78. The van der Waals surface area contributed by atoms with Crippen LogP contribution < -0.4 is 4.74 Å². The third kappa shape index (κ3) is 4.36. The topological polar surface area (TPSA) is 65.2 Å². The summed E-state index contributed by atoms with van der Waals surface area (Å²) in [5.41, 5.74) is 3.21. The van der Waals surface area contributed by atoms with E-state index in [4.69, 9.17) is 9.15 Å². The molecule has 7 heteroatoms. The Bertz CT molecular complexity index is 1180. The number of hydrogen-bond acceptors (Lipinski definition) is 7. The number of rotatable bonds is 7. The predicted molar refractivity (Wildman–Crippen MR) is 116 cm³/mol. The number of hydrogen-bond donors (Lipinski definition) is 0. The quantitative estimate of drug-likeness (QED) is 0.277. The van der Waals surface area contributed by atoms with Crippen LogP contribution in [0.15, 0.2) is 52.1 Å². The maximum Gasteiger partial charge on any atom is 0.277 e. The van der Waals surface area contributed by atoms with Gasteiger partial charge in [0.15, 0.2) is 12.4 Å². The fourth-order valence-electron chi connectivity index (χ4n) is 2.99. The first-order valence-corrected chi connectivity index (χ1v) is 11.0. The first-order chi connectivity index (χ1) is 14.0. The fraction of sp³-hybridized carbons (Fsp3) is 0.227. The SMILES string of the molecule is Cc1ccc(C)c(OCc2nnc(SCC(=O)c3sc4ccccc4c3C)o2)c1. The summed E-state index contributed by atoms with van der Waals surface area (Å²) in [7, 11) is 0. The van der Waals surface area contributed by atoms with Gasteiger partial charge in [0.2, 0.25) is 0 Å². The fourth-order valence-corrected chi connectivity index (χ4v) is 4.88. The molecule has 0 bridgehead atoms. The van der Waals surface area contributed by atoms with E-state index in [1.54, 1.807) is 0 Å². The molecule has 4 rings (SSSR count). The van der Waals surface area contributed by atoms with Crippen LogP contribution in [0.2, 0.25) is 0 Å². The van der Waals surface area contributed by atoms with Crippen molar-refractivity contribution < 1.29 is 13.9 Å². The number of aryl methyl sites for hydroxylation is 3. The molecule has 29 heavy (non-hydrogen) atoms. The van der Waals surface area contributed by atoms with E-state index in [1.807, 2.05) is 63.2 Å². The van der Waals surface area contributed by atoms with Crippen molar-refractivity contribution in [2.24, 2.45) is 0 Å². The lowest BCUT2D eigenvalue weighted by Gasteiger charge is -2.07. The summed E-state index contributed by atoms with van der Waals surface area (Å²) in [4.78, 5) is 13.5. The number of ether oxygens (including phenoxy) is 1. The number of Topliss-reactive ketones (excluding diaryl/α,β-unsaturated/α-hetero) is 1. The van der Waals surface area contributed by atoms with E-state index in [2.05, 4.69) is 10.2 Å². The van der Waals surface area contributed by atoms with Crippen molar-refractivity contribution in [3.05, 3.63) is 69.9 Å². The minimum Gasteiger partial charge on any atom is -0.484 e. The molecule has 2 aromatic heterocycles. The summed E-state index contributed by atoms with van der Waals surface area (Å²) in [5.74, 6) is 1.51. The van der Waals surface area contributed by atoms with Crippen molar-refractivity contribution in [1.29, 1.82) is 0 Å². The van der Waals surface area contributed by atoms with Crippen LogP contribution in [-0.2, 0) is 6.61 Å². The number of thioether (sulfide) groups is 1. The molecule has 0 amide bonds. The number of fused-ring (bicyclic) bond motifs is 1. The molecule has 0 atom stereocenters. The van der Waals surface area contributed by atoms with E-state index in [0.29, 0.717) is 11.1 Å². The van der Waals surface area contributed by atoms with Gasteiger partial charge < -0.3 is 9.15 Å². The highest BCUT2D eigenvalue weighted by atomic mass is 32.2. The third-order valence-corrected chi connectivity index (χ3v) is 6.70. The molecule has 0 aliphatic carbocycles. The van der Waals surface area contributed by atoms with E-state index in [1.165, 1.54) is 23.1 Å². The minimum atomic E-state index is 0.0695. The van der Waals surface area contributed by atoms with Crippen molar-refractivity contribution in [2.45, 2.75) is 32.6 Å². The van der Waals surface area contributed by atoms with Crippen LogP contribution in [0.5, 0.6) is 5.75 Å². The van der Waals surface area contributed by atoms with Crippen LogP contribution in [0, 0.1) is 20.8 Å². The van der Waals surface area contributed by atoms with E-state index < -0.39 is 0 Å². The van der Waals surface area contributed by atoms with Crippen LogP contribution in [0.1, 0.15) is 32.3 Å². The van der Waals surface area contributed by atoms with Gasteiger partial charge in [-0.2, -0.15) is 0 Å². The summed E-state index contributed by atoms with van der Waals surface area (Å²) in [5, 5.41) is 9.54. The highest BCUT2D eigenvalue weighted by Gasteiger charge is 2.17. The third-order valence-electron chi connectivity index (χ3n) is 4.57. The van der Waals surface area contributed by atoms with E-state index in [-0.39, 0.29) is 18.1 Å². The van der Waals surface area contributed by atoms with E-state index >= 15 is 0 Å². The maximum atomic E-state index is 12.7. The number of benzene rings is 2. The number of carbonyl (C=O) groups is 1. The molecular weight excluding hydrogens is 404 g/mol. The number of aromatic nitrogens is 2. The molecule has 2 heterocycles. The molecule has 0 spiro atoms. The normalized spacial score (nSPS) is 11.1. The lowest BCUT2D eigenvalue weighted by molar-refractivity contribution is 0.102. The van der Waals surface area contributed by atoms with Gasteiger partial charge in [0, 0.05) is 4.70 Å². The van der Waals surface area contributed by atoms with E-state index in [9.17, 15) is 4.79 Å². The Balaban J connectivity index is 1.37. The molecule has 0 aliphatic rings. The molecule has 0 saturated carbocycles. The minimum absolute atomic E-state index is 0.0695. The summed E-state index contributed by atoms with van der Waals surface area (Å²) in [6, 6.07) is 14.1. The average Bonchev–Trinajstić information content (AvgIpc) is 3.31. The summed E-state index contributed by atoms with van der Waals surface area (Å²) in [6.07, 6.45) is 0. The lowest BCUT2D eigenvalue weighted by atomic mass is 10.1. The van der Waals surface area contributed by atoms with Gasteiger partial charge >= 0.3 is 0 Å². The van der Waals surface area contributed by atoms with Gasteiger partial charge in [-0.25, -0.2) is 0 Å². The monoisotopic (exact) mass is 424 g/mol. The highest BCUT2D eigenvalue weighted by molar-refractivity contribution is 7.99. The van der Waals surface area contributed by atoms with Crippen LogP contribution in [0.3, 0.4) is 0 Å². The molecule has 0 radical (unpaired) electrons. The second-order valence-electron chi connectivity index (χ2n) is 6.78. The van der Waals surface area contributed by atoms with Crippen molar-refractivity contribution in [3.8, 4) is 5.75 Å². The molecular formula is C22H20N2O3S2. The molecule has 0 unspecified atom stereocenters. The molecule has 0 saturated heterocycles. The first kappa shape index (κ1) is 19.7. The van der Waals surface area contributed by atoms with Crippen molar-refractivity contribution in [3.63, 3.8) is 0 Å². The van der Waals surface area contributed by atoms with Gasteiger partial charge in [0.05, 0.1) is 10.6 Å². The Morgan fingerprint density at radius 2 is 1.97 bits per heavy atom. The summed E-state index contributed by atoms with van der Waals surface area (Å²) in [6.45, 7) is 6.20. The second-order valence-corrected chi connectivity index (χ2v) is 8.76. The Hall–Kier alpha value is -2.64. The Morgan fingerprint density at radius 3 is 2.79 bits per heavy atom. The van der Waals surface area contributed by atoms with Crippen LogP contribution in [0.4, 0.5) is 0 Å². The van der Waals surface area contributed by atoms with Crippen molar-refractivity contribution in [2.75, 3.05) is 5.75 Å². The largest absolute Gasteiger partial charge is 0.484 e. The molecule has 5 nitrogen and oxygen atoms in total. The smallest absolute Gasteiger partial charge is 0.277 e. The molecule has 0 N–H and O–H groups in total. The van der Waals surface area contributed by atoms with Crippen LogP contribution in [-0.4, -0.2) is 21.7 Å². The lowest BCUT2D eigenvalue weighted by Crippen LogP contribution is -2.01. The average molecular weight is 425 g/mol. The van der Waals surface area contributed by atoms with Crippen LogP contribution >= 0.6 is 23.1 Å². The molecule has 2 aromatic carbocycles. The molecule has 0 fully saturated rings. The van der Waals surface area contributed by atoms with Gasteiger partial charge in [0.1, 0.15) is 5.75 Å². The highest BCUT2D eigenvalue weighted by Crippen LogP contribution is 2.32. The zero-order chi connectivity index (χ0) is 20.4. The summed E-state index contributed by atoms with van der Waals surface area (Å²) < 4.78 is 12.5. The Kier molecular flexibility index (Phi) is 5.69. The zero-order valence-corrected chi connectivity index (χ0v) is 18.0. The van der Waals surface area contributed by atoms with Gasteiger partial charge in [-0.3, -0.25) is 4.79 Å². The number of carbonyl (C=O) groups excluding carboxylic acids is 1. The first-order valence-electron chi connectivity index (χ1n) is 9.18. The zero-order valence-electron chi connectivity index (χ0n) is 16.4. The number of ketones is 1. The standard InChI is InChI=1S/C22H20N2O3S2/c1-13-8-9-14(2)18(10-13)26-11-20-23-24-22(27-20)28-12-17(25)21-15(3)16-6-4-5-7-19(16)29-21/h4-10H,11-12H2,1-3H3. The molecule has 0 aliphatic heterocycles. The van der Waals surface area contributed by atoms with Crippen molar-refractivity contribution >= 4 is 39.0 Å². The van der Waals surface area contributed by atoms with Gasteiger partial charge in [-0.15, -0.1) is 21.5 Å². The Morgan fingerprint density at radius 1 is 1.14 bits per heavy atom. The second kappa shape index (κ2) is 8.39. The molecule has 4 aromatic rings.